The normalized spacial score (nSPS) is 47.5. The highest BCUT2D eigenvalue weighted by Crippen LogP contribution is 2.64. The molecule has 0 aromatic heterocycles. The highest BCUT2D eigenvalue weighted by molar-refractivity contribution is 5.76. The largest absolute Gasteiger partial charge is 0.462 e. The third-order valence-corrected chi connectivity index (χ3v) is 6.49. The van der Waals surface area contributed by atoms with Crippen LogP contribution >= 0.6 is 0 Å². The molecule has 5 atom stereocenters. The standard InChI is InChI=1S/C17H26O4/c1-4-15(2,3)14(18)21-13-6-11-5-12(13)16(7-11)8-17(10-20-17)19-9-16/h11-13H,4-10H2,1-3H3. The zero-order valence-corrected chi connectivity index (χ0v) is 13.3. The summed E-state index contributed by atoms with van der Waals surface area (Å²) in [6.45, 7) is 7.54. The summed E-state index contributed by atoms with van der Waals surface area (Å²) < 4.78 is 17.4. The average Bonchev–Trinajstić information content (AvgIpc) is 2.80. The summed E-state index contributed by atoms with van der Waals surface area (Å²) in [5, 5.41) is 0. The molecule has 4 nitrogen and oxygen atoms in total. The van der Waals surface area contributed by atoms with Gasteiger partial charge in [0.2, 0.25) is 0 Å². The van der Waals surface area contributed by atoms with Crippen LogP contribution in [0.2, 0.25) is 0 Å². The van der Waals surface area contributed by atoms with E-state index in [1.165, 1.54) is 12.8 Å². The Morgan fingerprint density at radius 2 is 2.00 bits per heavy atom. The summed E-state index contributed by atoms with van der Waals surface area (Å²) in [7, 11) is 0. The van der Waals surface area contributed by atoms with Crippen molar-refractivity contribution in [1.29, 1.82) is 0 Å². The predicted molar refractivity (Wildman–Crippen MR) is 76.5 cm³/mol. The first-order chi connectivity index (χ1) is 9.88. The van der Waals surface area contributed by atoms with Crippen LogP contribution in [0.3, 0.4) is 0 Å². The van der Waals surface area contributed by atoms with Gasteiger partial charge in [-0.15, -0.1) is 0 Å². The molecule has 21 heavy (non-hydrogen) atoms. The Kier molecular flexibility index (Phi) is 2.82. The zero-order valence-electron chi connectivity index (χ0n) is 13.3. The highest BCUT2D eigenvalue weighted by atomic mass is 16.8. The first-order valence-electron chi connectivity index (χ1n) is 8.37. The Morgan fingerprint density at radius 3 is 2.57 bits per heavy atom. The second-order valence-corrected chi connectivity index (χ2v) is 8.36. The molecule has 4 rings (SSSR count). The van der Waals surface area contributed by atoms with E-state index in [0.29, 0.717) is 11.8 Å². The lowest BCUT2D eigenvalue weighted by Gasteiger charge is -2.38. The highest BCUT2D eigenvalue weighted by Gasteiger charge is 2.67. The van der Waals surface area contributed by atoms with Crippen LogP contribution < -0.4 is 0 Å². The lowest BCUT2D eigenvalue weighted by atomic mass is 9.70. The fourth-order valence-corrected chi connectivity index (χ4v) is 4.76. The van der Waals surface area contributed by atoms with Crippen LogP contribution in [-0.4, -0.2) is 31.1 Å². The fourth-order valence-electron chi connectivity index (χ4n) is 4.76. The van der Waals surface area contributed by atoms with E-state index in [9.17, 15) is 4.79 Å². The molecule has 4 fully saturated rings. The van der Waals surface area contributed by atoms with Crippen LogP contribution in [0, 0.1) is 22.7 Å². The summed E-state index contributed by atoms with van der Waals surface area (Å²) in [6, 6.07) is 0. The smallest absolute Gasteiger partial charge is 0.311 e. The average molecular weight is 294 g/mol. The molecule has 2 bridgehead atoms. The maximum Gasteiger partial charge on any atom is 0.311 e. The lowest BCUT2D eigenvalue weighted by Crippen LogP contribution is -2.41. The van der Waals surface area contributed by atoms with Crippen molar-refractivity contribution in [3.8, 4) is 0 Å². The van der Waals surface area contributed by atoms with Gasteiger partial charge in [0.25, 0.3) is 0 Å². The minimum Gasteiger partial charge on any atom is -0.462 e. The van der Waals surface area contributed by atoms with Crippen LogP contribution in [0.25, 0.3) is 0 Å². The van der Waals surface area contributed by atoms with Gasteiger partial charge in [-0.2, -0.15) is 0 Å². The van der Waals surface area contributed by atoms with E-state index in [2.05, 4.69) is 0 Å². The molecular weight excluding hydrogens is 268 g/mol. The summed E-state index contributed by atoms with van der Waals surface area (Å²) in [4.78, 5) is 12.4. The van der Waals surface area contributed by atoms with E-state index in [0.717, 1.165) is 32.5 Å². The second kappa shape index (κ2) is 4.23. The number of hydrogen-bond donors (Lipinski definition) is 0. The molecule has 0 aromatic carbocycles. The molecule has 2 saturated heterocycles. The van der Waals surface area contributed by atoms with Crippen molar-refractivity contribution in [2.24, 2.45) is 22.7 Å². The monoisotopic (exact) mass is 294 g/mol. The van der Waals surface area contributed by atoms with Crippen LogP contribution in [0.5, 0.6) is 0 Å². The van der Waals surface area contributed by atoms with Crippen molar-refractivity contribution in [1.82, 2.24) is 0 Å². The quantitative estimate of drug-likeness (QED) is 0.593. The molecule has 0 aromatic rings. The molecule has 118 valence electrons. The topological polar surface area (TPSA) is 48.1 Å². The molecule has 2 aliphatic carbocycles. The number of esters is 1. The Hall–Kier alpha value is -0.610. The molecule has 2 saturated carbocycles. The number of epoxide rings is 1. The van der Waals surface area contributed by atoms with Crippen molar-refractivity contribution in [2.75, 3.05) is 13.2 Å². The van der Waals surface area contributed by atoms with Crippen LogP contribution in [-0.2, 0) is 19.0 Å². The van der Waals surface area contributed by atoms with E-state index in [1.54, 1.807) is 0 Å². The molecular formula is C17H26O4. The number of rotatable bonds is 3. The van der Waals surface area contributed by atoms with Gasteiger partial charge >= 0.3 is 5.97 Å². The first kappa shape index (κ1) is 14.0. The predicted octanol–water partition coefficient (Wildman–Crippen LogP) is 2.90. The number of hydrogen-bond acceptors (Lipinski definition) is 4. The van der Waals surface area contributed by atoms with E-state index < -0.39 is 0 Å². The van der Waals surface area contributed by atoms with Crippen molar-refractivity contribution in [3.63, 3.8) is 0 Å². The molecule has 4 aliphatic rings. The fraction of sp³-hybridized carbons (Fsp3) is 0.941. The molecule has 4 heteroatoms. The van der Waals surface area contributed by atoms with Gasteiger partial charge < -0.3 is 14.2 Å². The summed E-state index contributed by atoms with van der Waals surface area (Å²) in [5.74, 6) is 0.883. The van der Waals surface area contributed by atoms with Gasteiger partial charge in [0.15, 0.2) is 5.79 Å². The molecule has 0 N–H and O–H groups in total. The second-order valence-electron chi connectivity index (χ2n) is 8.36. The first-order valence-corrected chi connectivity index (χ1v) is 8.37. The summed E-state index contributed by atoms with van der Waals surface area (Å²) >= 11 is 0. The SMILES string of the molecule is CCC(C)(C)C(=O)OC1CC2CC1C1(COC3(CO3)C1)C2. The van der Waals surface area contributed by atoms with Crippen molar-refractivity contribution < 1.29 is 19.0 Å². The third kappa shape index (κ3) is 2.06. The Balaban J connectivity index is 1.48. The summed E-state index contributed by atoms with van der Waals surface area (Å²) in [6.07, 6.45) is 5.40. The Morgan fingerprint density at radius 1 is 1.29 bits per heavy atom. The van der Waals surface area contributed by atoms with E-state index in [-0.39, 0.29) is 28.7 Å². The minimum atomic E-state index is -0.373. The molecule has 0 radical (unpaired) electrons. The van der Waals surface area contributed by atoms with E-state index in [1.807, 2.05) is 20.8 Å². The van der Waals surface area contributed by atoms with Crippen molar-refractivity contribution in [2.45, 2.75) is 64.8 Å². The van der Waals surface area contributed by atoms with Gasteiger partial charge in [0, 0.05) is 17.8 Å². The molecule has 5 unspecified atom stereocenters. The molecule has 2 heterocycles. The molecule has 2 spiro atoms. The van der Waals surface area contributed by atoms with Gasteiger partial charge in [-0.3, -0.25) is 4.79 Å². The Bertz CT molecular complexity index is 467. The van der Waals surface area contributed by atoms with Gasteiger partial charge in [-0.05, 0) is 45.4 Å². The third-order valence-electron chi connectivity index (χ3n) is 6.49. The number of carbonyl (C=O) groups excluding carboxylic acids is 1. The van der Waals surface area contributed by atoms with Gasteiger partial charge in [-0.25, -0.2) is 0 Å². The van der Waals surface area contributed by atoms with Crippen molar-refractivity contribution in [3.05, 3.63) is 0 Å². The van der Waals surface area contributed by atoms with Gasteiger partial charge in [0.05, 0.1) is 12.0 Å². The number of carbonyl (C=O) groups is 1. The van der Waals surface area contributed by atoms with Crippen LogP contribution in [0.15, 0.2) is 0 Å². The van der Waals surface area contributed by atoms with Gasteiger partial charge in [-0.1, -0.05) is 6.92 Å². The zero-order chi connectivity index (χ0) is 14.9. The Labute approximate surface area is 126 Å². The number of fused-ring (bicyclic) bond motifs is 3. The van der Waals surface area contributed by atoms with Crippen molar-refractivity contribution >= 4 is 5.97 Å². The molecule has 2 aliphatic heterocycles. The molecule has 0 amide bonds. The summed E-state index contributed by atoms with van der Waals surface area (Å²) in [5.41, 5.74) is -0.164. The number of ether oxygens (including phenoxy) is 3. The van der Waals surface area contributed by atoms with E-state index >= 15 is 0 Å². The van der Waals surface area contributed by atoms with Crippen LogP contribution in [0.4, 0.5) is 0 Å². The lowest BCUT2D eigenvalue weighted by molar-refractivity contribution is -0.165. The minimum absolute atomic E-state index is 0.0333. The maximum atomic E-state index is 12.4. The van der Waals surface area contributed by atoms with Gasteiger partial charge in [0.1, 0.15) is 12.7 Å². The van der Waals surface area contributed by atoms with E-state index in [4.69, 9.17) is 14.2 Å². The van der Waals surface area contributed by atoms with Crippen LogP contribution in [0.1, 0.15) is 52.9 Å². The maximum absolute atomic E-state index is 12.4.